The summed E-state index contributed by atoms with van der Waals surface area (Å²) in [4.78, 5) is 19.3. The average Bonchev–Trinajstić information content (AvgIpc) is 3.18. The number of imidazole rings is 1. The van der Waals surface area contributed by atoms with Gasteiger partial charge < -0.3 is 24.5 Å². The lowest BCUT2D eigenvalue weighted by molar-refractivity contribution is 0.0526. The van der Waals surface area contributed by atoms with Gasteiger partial charge in [-0.2, -0.15) is 0 Å². The topological polar surface area (TPSA) is 85.5 Å². The molecule has 0 saturated carbocycles. The van der Waals surface area contributed by atoms with Crippen molar-refractivity contribution < 1.29 is 19.0 Å². The predicted octanol–water partition coefficient (Wildman–Crippen LogP) is 3.21. The molecule has 0 spiro atoms. The number of rotatable bonds is 4. The Kier molecular flexibility index (Phi) is 3.45. The van der Waals surface area contributed by atoms with Crippen LogP contribution in [0.2, 0.25) is 0 Å². The van der Waals surface area contributed by atoms with Gasteiger partial charge in [0.15, 0.2) is 11.5 Å². The van der Waals surface area contributed by atoms with Crippen LogP contribution in [0.3, 0.4) is 0 Å². The lowest BCUT2D eigenvalue weighted by Gasteiger charge is -2.04. The third kappa shape index (κ3) is 2.60. The van der Waals surface area contributed by atoms with Crippen LogP contribution in [0.4, 0.5) is 11.6 Å². The minimum absolute atomic E-state index is 0.236. The summed E-state index contributed by atoms with van der Waals surface area (Å²) in [5.74, 6) is 1.66. The molecule has 0 bridgehead atoms. The van der Waals surface area contributed by atoms with Gasteiger partial charge >= 0.3 is 5.97 Å². The highest BCUT2D eigenvalue weighted by Crippen LogP contribution is 2.35. The molecule has 0 unspecified atom stereocenters. The molecule has 2 N–H and O–H groups in total. The second-order valence-corrected chi connectivity index (χ2v) is 5.23. The first kappa shape index (κ1) is 14.4. The molecule has 4 rings (SSSR count). The third-order valence-electron chi connectivity index (χ3n) is 3.64. The maximum Gasteiger partial charge on any atom is 0.338 e. The molecule has 7 heteroatoms. The summed E-state index contributed by atoms with van der Waals surface area (Å²) in [7, 11) is 0. The Balaban J connectivity index is 1.54. The van der Waals surface area contributed by atoms with Crippen LogP contribution in [-0.4, -0.2) is 29.3 Å². The van der Waals surface area contributed by atoms with Crippen LogP contribution < -0.4 is 14.8 Å². The van der Waals surface area contributed by atoms with Gasteiger partial charge in [-0.25, -0.2) is 9.78 Å². The molecule has 1 aliphatic rings. The van der Waals surface area contributed by atoms with E-state index in [0.29, 0.717) is 29.6 Å². The van der Waals surface area contributed by atoms with E-state index in [4.69, 9.17) is 14.2 Å². The number of carbonyl (C=O) groups excluding carboxylic acids is 1. The number of fused-ring (bicyclic) bond motifs is 2. The molecule has 2 heterocycles. The Labute approximate surface area is 137 Å². The SMILES string of the molecule is CCOC(=O)c1ccc(Nc2nc3cc4c(cc3[nH]2)OCO4)cc1. The number of nitrogens with zero attached hydrogens (tertiary/aromatic N) is 1. The molecular formula is C17H15N3O4. The zero-order valence-electron chi connectivity index (χ0n) is 13.0. The minimum Gasteiger partial charge on any atom is -0.462 e. The van der Waals surface area contributed by atoms with Crippen LogP contribution in [0.15, 0.2) is 36.4 Å². The van der Waals surface area contributed by atoms with Crippen LogP contribution in [0, 0.1) is 0 Å². The fourth-order valence-electron chi connectivity index (χ4n) is 2.50. The summed E-state index contributed by atoms with van der Waals surface area (Å²) in [6.07, 6.45) is 0. The van der Waals surface area contributed by atoms with Gasteiger partial charge in [0, 0.05) is 17.8 Å². The third-order valence-corrected chi connectivity index (χ3v) is 3.64. The molecule has 3 aromatic rings. The Bertz CT molecular complexity index is 861. The Morgan fingerprint density at radius 3 is 2.75 bits per heavy atom. The van der Waals surface area contributed by atoms with E-state index < -0.39 is 0 Å². The van der Waals surface area contributed by atoms with Crippen LogP contribution in [0.5, 0.6) is 11.5 Å². The maximum atomic E-state index is 11.6. The summed E-state index contributed by atoms with van der Waals surface area (Å²) in [5.41, 5.74) is 2.95. The monoisotopic (exact) mass is 325 g/mol. The molecule has 2 aromatic carbocycles. The number of nitrogens with one attached hydrogen (secondary N) is 2. The highest BCUT2D eigenvalue weighted by molar-refractivity contribution is 5.90. The van der Waals surface area contributed by atoms with Gasteiger partial charge in [0.1, 0.15) is 0 Å². The number of aromatic nitrogens is 2. The Morgan fingerprint density at radius 2 is 2.00 bits per heavy atom. The quantitative estimate of drug-likeness (QED) is 0.716. The molecule has 0 saturated heterocycles. The van der Waals surface area contributed by atoms with Crippen LogP contribution in [0.25, 0.3) is 11.0 Å². The summed E-state index contributed by atoms with van der Waals surface area (Å²) >= 11 is 0. The summed E-state index contributed by atoms with van der Waals surface area (Å²) in [5, 5.41) is 3.17. The van der Waals surface area contributed by atoms with E-state index in [2.05, 4.69) is 15.3 Å². The Hall–Kier alpha value is -3.22. The first-order chi connectivity index (χ1) is 11.7. The lowest BCUT2D eigenvalue weighted by Crippen LogP contribution is -2.04. The van der Waals surface area contributed by atoms with Gasteiger partial charge in [0.05, 0.1) is 23.2 Å². The summed E-state index contributed by atoms with van der Waals surface area (Å²) < 4.78 is 15.7. The van der Waals surface area contributed by atoms with Crippen molar-refractivity contribution >= 4 is 28.6 Å². The Morgan fingerprint density at radius 1 is 1.25 bits per heavy atom. The first-order valence-corrected chi connectivity index (χ1v) is 7.56. The largest absolute Gasteiger partial charge is 0.462 e. The smallest absolute Gasteiger partial charge is 0.338 e. The minimum atomic E-state index is -0.331. The van der Waals surface area contributed by atoms with E-state index >= 15 is 0 Å². The molecule has 0 atom stereocenters. The molecule has 0 fully saturated rings. The predicted molar refractivity (Wildman–Crippen MR) is 87.9 cm³/mol. The van der Waals surface area contributed by atoms with Crippen molar-refractivity contribution in [3.05, 3.63) is 42.0 Å². The molecule has 0 amide bonds. The van der Waals surface area contributed by atoms with Crippen molar-refractivity contribution in [1.29, 1.82) is 0 Å². The molecule has 24 heavy (non-hydrogen) atoms. The number of hydrogen-bond acceptors (Lipinski definition) is 6. The zero-order chi connectivity index (χ0) is 16.5. The van der Waals surface area contributed by atoms with Gasteiger partial charge in [-0.05, 0) is 31.2 Å². The molecule has 0 radical (unpaired) electrons. The number of anilines is 2. The van der Waals surface area contributed by atoms with Crippen LogP contribution in [-0.2, 0) is 4.74 Å². The normalized spacial score (nSPS) is 12.4. The van der Waals surface area contributed by atoms with Crippen molar-refractivity contribution in [2.45, 2.75) is 6.92 Å². The van der Waals surface area contributed by atoms with E-state index in [-0.39, 0.29) is 12.8 Å². The van der Waals surface area contributed by atoms with Gasteiger partial charge in [0.2, 0.25) is 12.7 Å². The first-order valence-electron chi connectivity index (χ1n) is 7.56. The van der Waals surface area contributed by atoms with Crippen LogP contribution in [0.1, 0.15) is 17.3 Å². The van der Waals surface area contributed by atoms with E-state index in [9.17, 15) is 4.79 Å². The highest BCUT2D eigenvalue weighted by Gasteiger charge is 2.16. The van der Waals surface area contributed by atoms with Crippen LogP contribution >= 0.6 is 0 Å². The summed E-state index contributed by atoms with van der Waals surface area (Å²) in [6.45, 7) is 2.37. The maximum absolute atomic E-state index is 11.6. The molecule has 1 aromatic heterocycles. The number of carbonyl (C=O) groups is 1. The number of H-pyrrole nitrogens is 1. The number of aromatic amines is 1. The molecule has 7 nitrogen and oxygen atoms in total. The van der Waals surface area contributed by atoms with Crippen molar-refractivity contribution in [3.63, 3.8) is 0 Å². The number of ether oxygens (including phenoxy) is 3. The van der Waals surface area contributed by atoms with E-state index in [1.807, 2.05) is 12.1 Å². The number of hydrogen-bond donors (Lipinski definition) is 2. The molecule has 122 valence electrons. The van der Waals surface area contributed by atoms with Crippen molar-refractivity contribution in [2.24, 2.45) is 0 Å². The van der Waals surface area contributed by atoms with Crippen molar-refractivity contribution in [2.75, 3.05) is 18.7 Å². The van der Waals surface area contributed by atoms with E-state index in [0.717, 1.165) is 16.7 Å². The lowest BCUT2D eigenvalue weighted by atomic mass is 10.2. The van der Waals surface area contributed by atoms with E-state index in [1.54, 1.807) is 31.2 Å². The molecule has 1 aliphatic heterocycles. The van der Waals surface area contributed by atoms with Gasteiger partial charge in [-0.15, -0.1) is 0 Å². The van der Waals surface area contributed by atoms with Crippen molar-refractivity contribution in [3.8, 4) is 11.5 Å². The summed E-state index contributed by atoms with van der Waals surface area (Å²) in [6, 6.07) is 10.7. The zero-order valence-corrected chi connectivity index (χ0v) is 13.0. The average molecular weight is 325 g/mol. The van der Waals surface area contributed by atoms with E-state index in [1.165, 1.54) is 0 Å². The molecular weight excluding hydrogens is 310 g/mol. The fraction of sp³-hybridized carbons (Fsp3) is 0.176. The second kappa shape index (κ2) is 5.77. The number of esters is 1. The van der Waals surface area contributed by atoms with Gasteiger partial charge in [-0.1, -0.05) is 0 Å². The van der Waals surface area contributed by atoms with Gasteiger partial charge in [-0.3, -0.25) is 0 Å². The highest BCUT2D eigenvalue weighted by atomic mass is 16.7. The fourth-order valence-corrected chi connectivity index (χ4v) is 2.50. The second-order valence-electron chi connectivity index (χ2n) is 5.23. The number of benzene rings is 2. The van der Waals surface area contributed by atoms with Gasteiger partial charge in [0.25, 0.3) is 0 Å². The standard InChI is InChI=1S/C17H15N3O4/c1-2-22-16(21)10-3-5-11(6-4-10)18-17-19-12-7-14-15(24-9-23-14)8-13(12)20-17/h3-8H,2,9H2,1H3,(H2,18,19,20). The van der Waals surface area contributed by atoms with Crippen molar-refractivity contribution in [1.82, 2.24) is 9.97 Å². The molecule has 0 aliphatic carbocycles.